The molecule has 0 aliphatic carbocycles. The number of hydrogen-bond donors (Lipinski definition) is 0. The van der Waals surface area contributed by atoms with Crippen LogP contribution in [-0.2, 0) is 11.3 Å². The second-order valence-electron chi connectivity index (χ2n) is 5.82. The lowest BCUT2D eigenvalue weighted by Crippen LogP contribution is -2.20. The van der Waals surface area contributed by atoms with Crippen LogP contribution in [0.4, 0.5) is 0 Å². The molecule has 0 aliphatic rings. The number of halogens is 2. The molecular formula is C20H20Cl2N2O3S. The van der Waals surface area contributed by atoms with Crippen molar-refractivity contribution in [1.29, 1.82) is 0 Å². The van der Waals surface area contributed by atoms with Crippen LogP contribution in [0.2, 0.25) is 10.0 Å². The standard InChI is InChI=1S/C20H20Cl2N2O3S/c1-3-26-12-11-24-18-16(10-9-15(21)17(18)22)28-20(24)23-19(25)13-5-7-14(8-6-13)27-4-2/h5-10H,3-4,11-12H2,1-2H3. The molecule has 0 unspecified atom stereocenters. The molecule has 3 aromatic rings. The molecule has 0 saturated heterocycles. The van der Waals surface area contributed by atoms with E-state index in [1.165, 1.54) is 11.3 Å². The Morgan fingerprint density at radius 3 is 2.54 bits per heavy atom. The summed E-state index contributed by atoms with van der Waals surface area (Å²) in [6.07, 6.45) is 0. The minimum absolute atomic E-state index is 0.331. The summed E-state index contributed by atoms with van der Waals surface area (Å²) < 4.78 is 13.7. The summed E-state index contributed by atoms with van der Waals surface area (Å²) in [7, 11) is 0. The van der Waals surface area contributed by atoms with Crippen molar-refractivity contribution < 1.29 is 14.3 Å². The second-order valence-corrected chi connectivity index (χ2v) is 7.61. The van der Waals surface area contributed by atoms with E-state index >= 15 is 0 Å². The summed E-state index contributed by atoms with van der Waals surface area (Å²) in [6.45, 7) is 6.02. The van der Waals surface area contributed by atoms with Gasteiger partial charge in [0.15, 0.2) is 4.80 Å². The Balaban J connectivity index is 2.03. The van der Waals surface area contributed by atoms with Gasteiger partial charge in [0.1, 0.15) is 5.75 Å². The van der Waals surface area contributed by atoms with Gasteiger partial charge in [-0.05, 0) is 50.2 Å². The predicted molar refractivity (Wildman–Crippen MR) is 114 cm³/mol. The summed E-state index contributed by atoms with van der Waals surface area (Å²) in [5.41, 5.74) is 1.25. The van der Waals surface area contributed by atoms with Crippen molar-refractivity contribution in [3.63, 3.8) is 0 Å². The van der Waals surface area contributed by atoms with E-state index < -0.39 is 0 Å². The summed E-state index contributed by atoms with van der Waals surface area (Å²) in [4.78, 5) is 17.6. The van der Waals surface area contributed by atoms with Crippen molar-refractivity contribution in [1.82, 2.24) is 4.57 Å². The fourth-order valence-electron chi connectivity index (χ4n) is 2.71. The Bertz CT molecular complexity index is 1040. The van der Waals surface area contributed by atoms with Crippen molar-refractivity contribution in [2.24, 2.45) is 4.99 Å². The van der Waals surface area contributed by atoms with Crippen LogP contribution in [0.1, 0.15) is 24.2 Å². The van der Waals surface area contributed by atoms with Gasteiger partial charge in [-0.1, -0.05) is 34.5 Å². The molecule has 0 radical (unpaired) electrons. The Morgan fingerprint density at radius 1 is 1.11 bits per heavy atom. The lowest BCUT2D eigenvalue weighted by Gasteiger charge is -2.07. The molecule has 0 atom stereocenters. The molecule has 148 valence electrons. The van der Waals surface area contributed by atoms with Crippen LogP contribution in [0.25, 0.3) is 10.2 Å². The van der Waals surface area contributed by atoms with Crippen LogP contribution in [0.15, 0.2) is 41.4 Å². The summed E-state index contributed by atoms with van der Waals surface area (Å²) >= 11 is 14.0. The molecule has 8 heteroatoms. The number of thiazole rings is 1. The molecule has 0 fully saturated rings. The predicted octanol–water partition coefficient (Wildman–Crippen LogP) is 5.19. The monoisotopic (exact) mass is 438 g/mol. The average Bonchev–Trinajstić information content (AvgIpc) is 3.04. The number of benzene rings is 2. The van der Waals surface area contributed by atoms with Crippen molar-refractivity contribution in [3.8, 4) is 5.75 Å². The van der Waals surface area contributed by atoms with Crippen LogP contribution in [0.3, 0.4) is 0 Å². The lowest BCUT2D eigenvalue weighted by atomic mass is 10.2. The van der Waals surface area contributed by atoms with Gasteiger partial charge in [-0.3, -0.25) is 4.79 Å². The number of hydrogen-bond acceptors (Lipinski definition) is 4. The molecule has 0 spiro atoms. The first-order valence-electron chi connectivity index (χ1n) is 8.92. The van der Waals surface area contributed by atoms with Gasteiger partial charge in [-0.25, -0.2) is 0 Å². The van der Waals surface area contributed by atoms with Gasteiger partial charge in [0.2, 0.25) is 0 Å². The van der Waals surface area contributed by atoms with E-state index in [0.29, 0.717) is 52.5 Å². The smallest absolute Gasteiger partial charge is 0.279 e. The van der Waals surface area contributed by atoms with Crippen LogP contribution in [-0.4, -0.2) is 30.3 Å². The van der Waals surface area contributed by atoms with E-state index in [1.807, 2.05) is 24.5 Å². The van der Waals surface area contributed by atoms with Gasteiger partial charge in [0.05, 0.1) is 33.5 Å². The second kappa shape index (κ2) is 9.56. The first kappa shape index (κ1) is 20.9. The molecule has 3 rings (SSSR count). The molecule has 5 nitrogen and oxygen atoms in total. The molecule has 1 heterocycles. The molecule has 0 aliphatic heterocycles. The number of carbonyl (C=O) groups is 1. The third kappa shape index (κ3) is 4.58. The minimum atomic E-state index is -0.331. The van der Waals surface area contributed by atoms with Crippen LogP contribution in [0, 0.1) is 0 Å². The van der Waals surface area contributed by atoms with E-state index in [9.17, 15) is 4.79 Å². The van der Waals surface area contributed by atoms with Gasteiger partial charge in [-0.15, -0.1) is 0 Å². The maximum absolute atomic E-state index is 12.7. The van der Waals surface area contributed by atoms with Gasteiger partial charge < -0.3 is 14.0 Å². The number of amides is 1. The number of rotatable bonds is 7. The van der Waals surface area contributed by atoms with Crippen molar-refractivity contribution in [3.05, 3.63) is 56.8 Å². The maximum atomic E-state index is 12.7. The number of ether oxygens (including phenoxy) is 2. The zero-order valence-corrected chi connectivity index (χ0v) is 17.9. The molecule has 0 N–H and O–H groups in total. The van der Waals surface area contributed by atoms with Gasteiger partial charge in [-0.2, -0.15) is 4.99 Å². The van der Waals surface area contributed by atoms with Gasteiger partial charge in [0.25, 0.3) is 5.91 Å². The number of carbonyl (C=O) groups excluding carboxylic acids is 1. The molecule has 1 aromatic heterocycles. The number of aromatic nitrogens is 1. The fraction of sp³-hybridized carbons (Fsp3) is 0.300. The summed E-state index contributed by atoms with van der Waals surface area (Å²) in [5, 5.41) is 0.906. The van der Waals surface area contributed by atoms with Crippen molar-refractivity contribution in [2.45, 2.75) is 20.4 Å². The van der Waals surface area contributed by atoms with Gasteiger partial charge >= 0.3 is 0 Å². The number of fused-ring (bicyclic) bond motifs is 1. The maximum Gasteiger partial charge on any atom is 0.279 e. The Labute approximate surface area is 177 Å². The van der Waals surface area contributed by atoms with Crippen LogP contribution < -0.4 is 9.54 Å². The highest BCUT2D eigenvalue weighted by atomic mass is 35.5. The van der Waals surface area contributed by atoms with Gasteiger partial charge in [0, 0.05) is 18.7 Å². The Hall–Kier alpha value is -1.86. The Kier molecular flexibility index (Phi) is 7.13. The summed E-state index contributed by atoms with van der Waals surface area (Å²) in [5.74, 6) is 0.385. The van der Waals surface area contributed by atoms with Crippen LogP contribution >= 0.6 is 34.5 Å². The topological polar surface area (TPSA) is 52.8 Å². The highest BCUT2D eigenvalue weighted by molar-refractivity contribution is 7.16. The van der Waals surface area contributed by atoms with Crippen molar-refractivity contribution >= 4 is 50.7 Å². The third-order valence-corrected chi connectivity index (χ3v) is 5.84. The van der Waals surface area contributed by atoms with E-state index in [4.69, 9.17) is 32.7 Å². The molecule has 1 amide bonds. The first-order chi connectivity index (χ1) is 13.5. The highest BCUT2D eigenvalue weighted by Gasteiger charge is 2.14. The van der Waals surface area contributed by atoms with E-state index in [-0.39, 0.29) is 5.91 Å². The molecule has 28 heavy (non-hydrogen) atoms. The quantitative estimate of drug-likeness (QED) is 0.477. The third-order valence-electron chi connectivity index (χ3n) is 4.01. The zero-order valence-electron chi connectivity index (χ0n) is 15.6. The molecule has 0 bridgehead atoms. The zero-order chi connectivity index (χ0) is 20.1. The van der Waals surface area contributed by atoms with E-state index in [2.05, 4.69) is 4.99 Å². The van der Waals surface area contributed by atoms with E-state index in [1.54, 1.807) is 30.3 Å². The minimum Gasteiger partial charge on any atom is -0.494 e. The lowest BCUT2D eigenvalue weighted by molar-refractivity contribution is 0.0996. The normalized spacial score (nSPS) is 11.9. The number of nitrogens with zero attached hydrogens (tertiary/aromatic N) is 2. The largest absolute Gasteiger partial charge is 0.494 e. The SMILES string of the molecule is CCOCCn1c(=NC(=O)c2ccc(OCC)cc2)sc2ccc(Cl)c(Cl)c21. The molecule has 2 aromatic carbocycles. The first-order valence-corrected chi connectivity index (χ1v) is 10.5. The fourth-order valence-corrected chi connectivity index (χ4v) is 4.25. The summed E-state index contributed by atoms with van der Waals surface area (Å²) in [6, 6.07) is 10.6. The highest BCUT2D eigenvalue weighted by Crippen LogP contribution is 2.32. The Morgan fingerprint density at radius 2 is 1.86 bits per heavy atom. The van der Waals surface area contributed by atoms with E-state index in [0.717, 1.165) is 10.2 Å². The molecular weight excluding hydrogens is 419 g/mol. The van der Waals surface area contributed by atoms with Crippen LogP contribution in [0.5, 0.6) is 5.75 Å². The average molecular weight is 439 g/mol. The molecule has 0 saturated carbocycles. The van der Waals surface area contributed by atoms with Crippen molar-refractivity contribution in [2.75, 3.05) is 19.8 Å².